The second-order valence-corrected chi connectivity index (χ2v) is 5.69. The maximum absolute atomic E-state index is 12.3. The molecule has 1 aromatic heterocycles. The summed E-state index contributed by atoms with van der Waals surface area (Å²) in [5.41, 5.74) is 4.87. The highest BCUT2D eigenvalue weighted by Gasteiger charge is 2.13. The average Bonchev–Trinajstić information content (AvgIpc) is 2.41. The summed E-state index contributed by atoms with van der Waals surface area (Å²) in [4.78, 5) is 16.4. The van der Waals surface area contributed by atoms with Crippen molar-refractivity contribution in [2.75, 3.05) is 10.7 Å². The summed E-state index contributed by atoms with van der Waals surface area (Å²) in [6.07, 6.45) is 1.49. The first kappa shape index (κ1) is 15.0. The van der Waals surface area contributed by atoms with Crippen LogP contribution in [0, 0.1) is 10.5 Å². The first-order chi connectivity index (χ1) is 9.51. The molecule has 0 fully saturated rings. The van der Waals surface area contributed by atoms with Crippen LogP contribution in [0.1, 0.15) is 16.1 Å². The minimum atomic E-state index is -0.286. The third-order valence-electron chi connectivity index (χ3n) is 2.62. The molecule has 4 N–H and O–H groups in total. The molecule has 0 bridgehead atoms. The first-order valence-corrected chi connectivity index (χ1v) is 7.16. The topological polar surface area (TPSA) is 80.0 Å². The van der Waals surface area contributed by atoms with E-state index in [0.29, 0.717) is 22.0 Å². The van der Waals surface area contributed by atoms with Gasteiger partial charge >= 0.3 is 0 Å². The van der Waals surface area contributed by atoms with E-state index in [-0.39, 0.29) is 5.91 Å². The maximum Gasteiger partial charge on any atom is 0.259 e. The summed E-state index contributed by atoms with van der Waals surface area (Å²) in [6.45, 7) is 1.82. The van der Waals surface area contributed by atoms with Crippen molar-refractivity contribution in [1.82, 2.24) is 4.98 Å². The lowest BCUT2D eigenvalue weighted by molar-refractivity contribution is 0.102. The van der Waals surface area contributed by atoms with Gasteiger partial charge in [0.2, 0.25) is 0 Å². The quantitative estimate of drug-likeness (QED) is 0.418. The largest absolute Gasteiger partial charge is 0.323 e. The van der Waals surface area contributed by atoms with Crippen molar-refractivity contribution < 1.29 is 4.79 Å². The van der Waals surface area contributed by atoms with Crippen LogP contribution in [0.15, 0.2) is 30.5 Å². The second-order valence-electron chi connectivity index (χ2n) is 4.09. The number of pyridine rings is 1. The Balaban J connectivity index is 2.28. The highest BCUT2D eigenvalue weighted by Crippen LogP contribution is 2.24. The van der Waals surface area contributed by atoms with E-state index in [4.69, 9.17) is 17.4 Å². The Kier molecular flexibility index (Phi) is 4.79. The minimum absolute atomic E-state index is 0.286. The van der Waals surface area contributed by atoms with E-state index < -0.39 is 0 Å². The normalized spacial score (nSPS) is 10.2. The van der Waals surface area contributed by atoms with Gasteiger partial charge in [-0.3, -0.25) is 15.6 Å². The van der Waals surface area contributed by atoms with Crippen molar-refractivity contribution in [3.63, 3.8) is 0 Å². The Hall–Kier alpha value is -1.38. The first-order valence-electron chi connectivity index (χ1n) is 5.71. The van der Waals surface area contributed by atoms with Gasteiger partial charge in [0.05, 0.1) is 16.9 Å². The van der Waals surface area contributed by atoms with Crippen LogP contribution in [-0.2, 0) is 0 Å². The van der Waals surface area contributed by atoms with Crippen LogP contribution in [0.4, 0.5) is 11.4 Å². The molecule has 20 heavy (non-hydrogen) atoms. The van der Waals surface area contributed by atoms with Gasteiger partial charge in [-0.2, -0.15) is 0 Å². The van der Waals surface area contributed by atoms with E-state index in [9.17, 15) is 4.79 Å². The van der Waals surface area contributed by atoms with Gasteiger partial charge in [0, 0.05) is 20.5 Å². The molecule has 0 spiro atoms. The summed E-state index contributed by atoms with van der Waals surface area (Å²) in [6, 6.07) is 6.95. The highest BCUT2D eigenvalue weighted by molar-refractivity contribution is 14.1. The number of nitrogens with two attached hydrogens (primary N) is 1. The number of hydrogen-bond donors (Lipinski definition) is 3. The predicted octanol–water partition coefficient (Wildman–Crippen LogP) is 3.19. The zero-order valence-electron chi connectivity index (χ0n) is 10.6. The molecule has 5 nitrogen and oxygen atoms in total. The lowest BCUT2D eigenvalue weighted by atomic mass is 10.2. The molecule has 2 aromatic rings. The second kappa shape index (κ2) is 6.38. The standard InChI is InChI=1S/C13H12ClIN4O/c1-7-4-12(19-16)9(6-17-7)13(20)18-11-3-2-8(14)5-10(11)15/h2-6H,16H2,1H3,(H,17,19)(H,18,20). The smallest absolute Gasteiger partial charge is 0.259 e. The Morgan fingerprint density at radius 1 is 1.35 bits per heavy atom. The number of rotatable bonds is 3. The van der Waals surface area contributed by atoms with Crippen molar-refractivity contribution in [2.24, 2.45) is 5.84 Å². The molecule has 0 saturated heterocycles. The number of aromatic nitrogens is 1. The van der Waals surface area contributed by atoms with E-state index in [1.807, 2.05) is 6.92 Å². The van der Waals surface area contributed by atoms with Crippen LogP contribution < -0.4 is 16.6 Å². The van der Waals surface area contributed by atoms with Crippen LogP contribution >= 0.6 is 34.2 Å². The molecule has 1 aromatic carbocycles. The van der Waals surface area contributed by atoms with Gasteiger partial charge in [-0.05, 0) is 53.8 Å². The summed E-state index contributed by atoms with van der Waals surface area (Å²) in [7, 11) is 0. The Bertz CT molecular complexity index is 663. The molecule has 7 heteroatoms. The van der Waals surface area contributed by atoms with Crippen LogP contribution in [0.3, 0.4) is 0 Å². The maximum atomic E-state index is 12.3. The van der Waals surface area contributed by atoms with Crippen molar-refractivity contribution in [3.8, 4) is 0 Å². The number of nitrogens with zero attached hydrogens (tertiary/aromatic N) is 1. The number of aryl methyl sites for hydroxylation is 1. The van der Waals surface area contributed by atoms with Crippen LogP contribution in [-0.4, -0.2) is 10.9 Å². The van der Waals surface area contributed by atoms with Crippen LogP contribution in [0.5, 0.6) is 0 Å². The summed E-state index contributed by atoms with van der Waals surface area (Å²) in [5, 5.41) is 3.43. The highest BCUT2D eigenvalue weighted by atomic mass is 127. The number of benzene rings is 1. The molecule has 0 atom stereocenters. The number of carbonyl (C=O) groups is 1. The number of nitrogens with one attached hydrogen (secondary N) is 2. The summed E-state index contributed by atoms with van der Waals surface area (Å²) >= 11 is 7.99. The minimum Gasteiger partial charge on any atom is -0.323 e. The number of hydrogen-bond acceptors (Lipinski definition) is 4. The van der Waals surface area contributed by atoms with Gasteiger partial charge in [0.1, 0.15) is 0 Å². The molecule has 0 aliphatic rings. The molecule has 0 aliphatic carbocycles. The SMILES string of the molecule is Cc1cc(NN)c(C(=O)Nc2ccc(Cl)cc2I)cn1. The molecule has 0 aliphatic heterocycles. The molecule has 2 rings (SSSR count). The fraction of sp³-hybridized carbons (Fsp3) is 0.0769. The monoisotopic (exact) mass is 402 g/mol. The molecule has 1 heterocycles. The van der Waals surface area contributed by atoms with Crippen molar-refractivity contribution in [1.29, 1.82) is 0 Å². The van der Waals surface area contributed by atoms with E-state index in [1.165, 1.54) is 6.20 Å². The molecule has 104 valence electrons. The van der Waals surface area contributed by atoms with Gasteiger partial charge in [-0.15, -0.1) is 0 Å². The lowest BCUT2D eigenvalue weighted by Gasteiger charge is -2.11. The molecular weight excluding hydrogens is 391 g/mol. The molecule has 1 amide bonds. The van der Waals surface area contributed by atoms with Crippen LogP contribution in [0.2, 0.25) is 5.02 Å². The zero-order valence-corrected chi connectivity index (χ0v) is 13.5. The molecular formula is C13H12ClIN4O. The predicted molar refractivity (Wildman–Crippen MR) is 88.9 cm³/mol. The number of hydrazine groups is 1. The fourth-order valence-electron chi connectivity index (χ4n) is 1.64. The number of nitrogen functional groups attached to an aromatic ring is 1. The Morgan fingerprint density at radius 3 is 2.75 bits per heavy atom. The van der Waals surface area contributed by atoms with E-state index in [0.717, 1.165) is 9.26 Å². The average molecular weight is 403 g/mol. The van der Waals surface area contributed by atoms with Gasteiger partial charge < -0.3 is 10.7 Å². The third kappa shape index (κ3) is 3.38. The summed E-state index contributed by atoms with van der Waals surface area (Å²) in [5.74, 6) is 5.14. The lowest BCUT2D eigenvalue weighted by Crippen LogP contribution is -2.18. The zero-order chi connectivity index (χ0) is 14.7. The number of halogens is 2. The van der Waals surface area contributed by atoms with E-state index in [2.05, 4.69) is 38.3 Å². The van der Waals surface area contributed by atoms with Crippen molar-refractivity contribution in [2.45, 2.75) is 6.92 Å². The number of amides is 1. The molecule has 0 unspecified atom stereocenters. The van der Waals surface area contributed by atoms with Gasteiger partial charge in [0.15, 0.2) is 0 Å². The van der Waals surface area contributed by atoms with Gasteiger partial charge in [-0.1, -0.05) is 11.6 Å². The van der Waals surface area contributed by atoms with E-state index in [1.54, 1.807) is 24.3 Å². The van der Waals surface area contributed by atoms with Crippen molar-refractivity contribution >= 4 is 51.5 Å². The van der Waals surface area contributed by atoms with Gasteiger partial charge in [0.25, 0.3) is 5.91 Å². The molecule has 0 radical (unpaired) electrons. The molecule has 0 saturated carbocycles. The summed E-state index contributed by atoms with van der Waals surface area (Å²) < 4.78 is 0.853. The number of carbonyl (C=O) groups excluding carboxylic acids is 1. The number of anilines is 2. The van der Waals surface area contributed by atoms with Crippen LogP contribution in [0.25, 0.3) is 0 Å². The third-order valence-corrected chi connectivity index (χ3v) is 3.75. The van der Waals surface area contributed by atoms with E-state index >= 15 is 0 Å². The fourth-order valence-corrected chi connectivity index (χ4v) is 2.65. The Morgan fingerprint density at radius 2 is 2.10 bits per heavy atom. The van der Waals surface area contributed by atoms with Gasteiger partial charge in [-0.25, -0.2) is 0 Å². The van der Waals surface area contributed by atoms with Crippen molar-refractivity contribution in [3.05, 3.63) is 50.3 Å². The Labute approximate surface area is 135 Å².